The molecule has 1 aromatic carbocycles. The van der Waals surface area contributed by atoms with E-state index in [1.54, 1.807) is 11.3 Å². The van der Waals surface area contributed by atoms with Crippen LogP contribution in [0.4, 0.5) is 0 Å². The summed E-state index contributed by atoms with van der Waals surface area (Å²) >= 11 is 1.78. The fourth-order valence-corrected chi connectivity index (χ4v) is 2.96. The molecule has 1 atom stereocenters. The molecule has 0 spiro atoms. The second-order valence-electron chi connectivity index (χ2n) is 4.61. The molecular formula is C13H18N2S. The Morgan fingerprint density at radius 1 is 1.44 bits per heavy atom. The lowest BCUT2D eigenvalue weighted by Gasteiger charge is -2.23. The van der Waals surface area contributed by atoms with Gasteiger partial charge in [-0.25, -0.2) is 4.98 Å². The molecule has 0 bridgehead atoms. The summed E-state index contributed by atoms with van der Waals surface area (Å²) in [7, 11) is 0. The molecule has 86 valence electrons. The van der Waals surface area contributed by atoms with Gasteiger partial charge >= 0.3 is 0 Å². The van der Waals surface area contributed by atoms with Crippen LogP contribution in [0.3, 0.4) is 0 Å². The van der Waals surface area contributed by atoms with Crippen molar-refractivity contribution in [1.29, 1.82) is 0 Å². The van der Waals surface area contributed by atoms with Gasteiger partial charge in [-0.1, -0.05) is 19.9 Å². The lowest BCUT2D eigenvalue weighted by molar-refractivity contribution is 0.465. The van der Waals surface area contributed by atoms with Crippen LogP contribution in [0.5, 0.6) is 0 Å². The van der Waals surface area contributed by atoms with E-state index in [-0.39, 0.29) is 5.41 Å². The lowest BCUT2D eigenvalue weighted by Crippen LogP contribution is -2.30. The number of nitrogens with two attached hydrogens (primary N) is 1. The minimum Gasteiger partial charge on any atom is -0.330 e. The van der Waals surface area contributed by atoms with Crippen molar-refractivity contribution in [2.45, 2.75) is 32.6 Å². The predicted octanol–water partition coefficient (Wildman–Crippen LogP) is 3.23. The van der Waals surface area contributed by atoms with Gasteiger partial charge in [0.2, 0.25) is 0 Å². The van der Waals surface area contributed by atoms with Gasteiger partial charge in [-0.05, 0) is 31.0 Å². The number of nitrogens with zero attached hydrogens (tertiary/aromatic N) is 1. The zero-order chi connectivity index (χ0) is 11.8. The van der Waals surface area contributed by atoms with Gasteiger partial charge in [-0.2, -0.15) is 0 Å². The highest BCUT2D eigenvalue weighted by molar-refractivity contribution is 7.18. The molecule has 2 aromatic rings. The van der Waals surface area contributed by atoms with E-state index in [0.717, 1.165) is 16.9 Å². The monoisotopic (exact) mass is 234 g/mol. The number of hydrogen-bond donors (Lipinski definition) is 1. The maximum atomic E-state index is 5.87. The summed E-state index contributed by atoms with van der Waals surface area (Å²) in [6.45, 7) is 7.13. The van der Waals surface area contributed by atoms with Crippen molar-refractivity contribution in [2.75, 3.05) is 6.54 Å². The van der Waals surface area contributed by atoms with Gasteiger partial charge in [0.25, 0.3) is 0 Å². The first-order valence-electron chi connectivity index (χ1n) is 5.67. The third-order valence-electron chi connectivity index (χ3n) is 3.29. The minimum atomic E-state index is 0.0254. The standard InChI is InChI=1S/C13H18N2S/c1-4-13(3,8-14)12-15-10-6-5-9(2)7-11(10)16-12/h5-7H,4,8,14H2,1-3H3. The molecule has 1 unspecified atom stereocenters. The second kappa shape index (κ2) is 4.15. The van der Waals surface area contributed by atoms with E-state index in [9.17, 15) is 0 Å². The molecule has 0 aliphatic carbocycles. The number of fused-ring (bicyclic) bond motifs is 1. The Kier molecular flexibility index (Phi) is 3.00. The molecule has 0 aliphatic rings. The van der Waals surface area contributed by atoms with E-state index in [1.165, 1.54) is 10.3 Å². The van der Waals surface area contributed by atoms with Crippen molar-refractivity contribution in [2.24, 2.45) is 5.73 Å². The molecule has 0 saturated heterocycles. The molecular weight excluding hydrogens is 216 g/mol. The number of aromatic nitrogens is 1. The zero-order valence-electron chi connectivity index (χ0n) is 10.1. The van der Waals surface area contributed by atoms with Crippen molar-refractivity contribution < 1.29 is 0 Å². The van der Waals surface area contributed by atoms with Crippen LogP contribution < -0.4 is 5.73 Å². The van der Waals surface area contributed by atoms with Crippen LogP contribution in [0.2, 0.25) is 0 Å². The Morgan fingerprint density at radius 3 is 2.81 bits per heavy atom. The maximum Gasteiger partial charge on any atom is 0.101 e. The van der Waals surface area contributed by atoms with Gasteiger partial charge in [0.1, 0.15) is 5.01 Å². The highest BCUT2D eigenvalue weighted by Crippen LogP contribution is 2.33. The average Bonchev–Trinajstić information content (AvgIpc) is 2.71. The van der Waals surface area contributed by atoms with E-state index in [1.807, 2.05) is 0 Å². The number of rotatable bonds is 3. The molecule has 2 rings (SSSR count). The van der Waals surface area contributed by atoms with Gasteiger partial charge in [0.15, 0.2) is 0 Å². The summed E-state index contributed by atoms with van der Waals surface area (Å²) in [5.41, 5.74) is 8.28. The average molecular weight is 234 g/mol. The number of benzene rings is 1. The van der Waals surface area contributed by atoms with Crippen LogP contribution in [0.15, 0.2) is 18.2 Å². The molecule has 1 aromatic heterocycles. The van der Waals surface area contributed by atoms with Crippen molar-refractivity contribution in [3.8, 4) is 0 Å². The third-order valence-corrected chi connectivity index (χ3v) is 4.62. The molecule has 0 fully saturated rings. The van der Waals surface area contributed by atoms with E-state index >= 15 is 0 Å². The van der Waals surface area contributed by atoms with Crippen LogP contribution >= 0.6 is 11.3 Å². The molecule has 0 saturated carbocycles. The van der Waals surface area contributed by atoms with Gasteiger partial charge in [0, 0.05) is 12.0 Å². The fourth-order valence-electron chi connectivity index (χ4n) is 1.67. The normalized spacial score (nSPS) is 15.2. The summed E-state index contributed by atoms with van der Waals surface area (Å²) in [5, 5.41) is 1.16. The highest BCUT2D eigenvalue weighted by atomic mass is 32.1. The summed E-state index contributed by atoms with van der Waals surface area (Å²) < 4.78 is 1.27. The first kappa shape index (κ1) is 11.6. The lowest BCUT2D eigenvalue weighted by atomic mass is 9.89. The van der Waals surface area contributed by atoms with Gasteiger partial charge in [0.05, 0.1) is 10.2 Å². The largest absolute Gasteiger partial charge is 0.330 e. The smallest absolute Gasteiger partial charge is 0.101 e. The maximum absolute atomic E-state index is 5.87. The number of aryl methyl sites for hydroxylation is 1. The quantitative estimate of drug-likeness (QED) is 0.885. The number of thiazole rings is 1. The van der Waals surface area contributed by atoms with Crippen LogP contribution in [0.1, 0.15) is 30.8 Å². The molecule has 3 heteroatoms. The van der Waals surface area contributed by atoms with Crippen LogP contribution in [-0.2, 0) is 5.41 Å². The topological polar surface area (TPSA) is 38.9 Å². The second-order valence-corrected chi connectivity index (χ2v) is 5.64. The fraction of sp³-hybridized carbons (Fsp3) is 0.462. The number of hydrogen-bond acceptors (Lipinski definition) is 3. The Balaban J connectivity index is 2.54. The Bertz CT molecular complexity index is 498. The summed E-state index contributed by atoms with van der Waals surface area (Å²) in [5.74, 6) is 0. The first-order chi connectivity index (χ1) is 7.59. The molecule has 2 nitrogen and oxygen atoms in total. The Labute approximate surface area is 101 Å². The van der Waals surface area contributed by atoms with E-state index in [2.05, 4.69) is 39.0 Å². The molecule has 0 amide bonds. The van der Waals surface area contributed by atoms with Gasteiger partial charge in [-0.15, -0.1) is 11.3 Å². The summed E-state index contributed by atoms with van der Waals surface area (Å²) in [6.07, 6.45) is 1.03. The molecule has 2 N–H and O–H groups in total. The van der Waals surface area contributed by atoms with Crippen molar-refractivity contribution in [3.63, 3.8) is 0 Å². The summed E-state index contributed by atoms with van der Waals surface area (Å²) in [4.78, 5) is 4.71. The highest BCUT2D eigenvalue weighted by Gasteiger charge is 2.26. The van der Waals surface area contributed by atoms with Crippen molar-refractivity contribution in [1.82, 2.24) is 4.98 Å². The SMILES string of the molecule is CCC(C)(CN)c1nc2ccc(C)cc2s1. The van der Waals surface area contributed by atoms with Crippen LogP contribution in [0.25, 0.3) is 10.2 Å². The molecule has 0 radical (unpaired) electrons. The molecule has 16 heavy (non-hydrogen) atoms. The van der Waals surface area contributed by atoms with E-state index in [4.69, 9.17) is 10.7 Å². The van der Waals surface area contributed by atoms with Crippen LogP contribution in [-0.4, -0.2) is 11.5 Å². The van der Waals surface area contributed by atoms with Crippen molar-refractivity contribution in [3.05, 3.63) is 28.8 Å². The van der Waals surface area contributed by atoms with E-state index < -0.39 is 0 Å². The molecule has 1 heterocycles. The van der Waals surface area contributed by atoms with Gasteiger partial charge in [-0.3, -0.25) is 0 Å². The molecule has 0 aliphatic heterocycles. The summed E-state index contributed by atoms with van der Waals surface area (Å²) in [6, 6.07) is 6.40. The minimum absolute atomic E-state index is 0.0254. The van der Waals surface area contributed by atoms with Crippen LogP contribution in [0, 0.1) is 6.92 Å². The van der Waals surface area contributed by atoms with Crippen molar-refractivity contribution >= 4 is 21.6 Å². The third kappa shape index (κ3) is 1.85. The Morgan fingerprint density at radius 2 is 2.19 bits per heavy atom. The Hall–Kier alpha value is -0.930. The van der Waals surface area contributed by atoms with Gasteiger partial charge < -0.3 is 5.73 Å². The van der Waals surface area contributed by atoms with E-state index in [0.29, 0.717) is 6.54 Å². The first-order valence-corrected chi connectivity index (χ1v) is 6.48. The predicted molar refractivity (Wildman–Crippen MR) is 71.1 cm³/mol. The zero-order valence-corrected chi connectivity index (χ0v) is 10.9.